The molecule has 1 amide bonds. The van der Waals surface area contributed by atoms with E-state index in [4.69, 9.17) is 9.47 Å². The van der Waals surface area contributed by atoms with Crippen molar-refractivity contribution in [3.63, 3.8) is 0 Å². The Hall–Kier alpha value is -3.10. The predicted octanol–water partition coefficient (Wildman–Crippen LogP) is 5.41. The summed E-state index contributed by atoms with van der Waals surface area (Å²) in [5.41, 5.74) is 0.780. The number of benzene rings is 3. The average Bonchev–Trinajstić information content (AvgIpc) is 2.76. The summed E-state index contributed by atoms with van der Waals surface area (Å²) in [6, 6.07) is 19.4. The maximum Gasteiger partial charge on any atom is 0.412 e. The van der Waals surface area contributed by atoms with E-state index in [-0.39, 0.29) is 18.6 Å². The lowest BCUT2D eigenvalue weighted by Gasteiger charge is -2.28. The minimum absolute atomic E-state index is 0.119. The third kappa shape index (κ3) is 6.44. The molecule has 31 heavy (non-hydrogen) atoms. The third-order valence-corrected chi connectivity index (χ3v) is 4.94. The number of hydrogen-bond acceptors (Lipinski definition) is 5. The molecule has 0 saturated heterocycles. The number of phenols is 1. The Morgan fingerprint density at radius 1 is 1.06 bits per heavy atom. The number of phenolic OH excluding ortho intramolecular Hbond substituents is 1. The van der Waals surface area contributed by atoms with Crippen LogP contribution in [0.25, 0.3) is 0 Å². The van der Waals surface area contributed by atoms with Crippen molar-refractivity contribution in [1.82, 2.24) is 0 Å². The second-order valence-electron chi connectivity index (χ2n) is 6.65. The monoisotopic (exact) mass is 489 g/mol. The smallest absolute Gasteiger partial charge is 0.412 e. The first-order valence-electron chi connectivity index (χ1n) is 9.50. The first-order chi connectivity index (χ1) is 15.0. The number of carbonyl (C=O) groups excluding carboxylic acids is 1. The van der Waals surface area contributed by atoms with Crippen LogP contribution in [0, 0.1) is 5.82 Å². The average molecular weight is 490 g/mol. The van der Waals surface area contributed by atoms with Gasteiger partial charge in [0.15, 0.2) is 17.7 Å². The highest BCUT2D eigenvalue weighted by atomic mass is 79.9. The van der Waals surface area contributed by atoms with E-state index in [9.17, 15) is 19.4 Å². The number of aliphatic hydroxyl groups is 1. The van der Waals surface area contributed by atoms with Crippen LogP contribution >= 0.6 is 15.9 Å². The lowest BCUT2D eigenvalue weighted by atomic mass is 10.0. The molecule has 6 nitrogen and oxygen atoms in total. The van der Waals surface area contributed by atoms with Gasteiger partial charge in [-0.25, -0.2) is 9.18 Å². The summed E-state index contributed by atoms with van der Waals surface area (Å²) >= 11 is 3.32. The lowest BCUT2D eigenvalue weighted by molar-refractivity contribution is 0.00892. The van der Waals surface area contributed by atoms with E-state index in [2.05, 4.69) is 21.2 Å². The molecule has 0 aromatic heterocycles. The van der Waals surface area contributed by atoms with Gasteiger partial charge in [-0.3, -0.25) is 5.32 Å². The molecule has 0 saturated carbocycles. The molecule has 3 N–H and O–H groups in total. The second kappa shape index (κ2) is 10.8. The quantitative estimate of drug-likeness (QED) is 0.393. The van der Waals surface area contributed by atoms with Crippen LogP contribution < -0.4 is 10.1 Å². The number of para-hydroxylation sites is 1. The summed E-state index contributed by atoms with van der Waals surface area (Å²) in [4.78, 5) is 12.6. The topological polar surface area (TPSA) is 88.0 Å². The van der Waals surface area contributed by atoms with Crippen molar-refractivity contribution in [2.24, 2.45) is 0 Å². The SMILES string of the molecule is O=C(Nc1ccc(Br)cc1)O[C@@H](c1ccc(O)c(F)c1)[C@H](CCO)Oc1ccccc1. The van der Waals surface area contributed by atoms with Gasteiger partial charge in [-0.1, -0.05) is 40.2 Å². The van der Waals surface area contributed by atoms with Crippen molar-refractivity contribution in [2.45, 2.75) is 18.6 Å². The van der Waals surface area contributed by atoms with Crippen LogP contribution in [0.2, 0.25) is 0 Å². The van der Waals surface area contributed by atoms with Crippen LogP contribution in [0.4, 0.5) is 14.9 Å². The molecular formula is C23H21BrFNO5. The fourth-order valence-electron chi connectivity index (χ4n) is 2.93. The summed E-state index contributed by atoms with van der Waals surface area (Å²) < 4.78 is 26.4. The molecule has 3 aromatic rings. The van der Waals surface area contributed by atoms with Crippen molar-refractivity contribution in [3.8, 4) is 11.5 Å². The van der Waals surface area contributed by atoms with E-state index >= 15 is 0 Å². The van der Waals surface area contributed by atoms with Crippen molar-refractivity contribution < 1.29 is 28.9 Å². The zero-order valence-corrected chi connectivity index (χ0v) is 18.0. The number of amides is 1. The Morgan fingerprint density at radius 2 is 1.77 bits per heavy atom. The molecular weight excluding hydrogens is 469 g/mol. The van der Waals surface area contributed by atoms with Crippen molar-refractivity contribution in [2.75, 3.05) is 11.9 Å². The van der Waals surface area contributed by atoms with Gasteiger partial charge in [0.2, 0.25) is 0 Å². The number of carbonyl (C=O) groups is 1. The van der Waals surface area contributed by atoms with Gasteiger partial charge in [-0.2, -0.15) is 0 Å². The maximum atomic E-state index is 14.0. The predicted molar refractivity (Wildman–Crippen MR) is 118 cm³/mol. The fourth-order valence-corrected chi connectivity index (χ4v) is 3.19. The number of aliphatic hydroxyl groups excluding tert-OH is 1. The second-order valence-corrected chi connectivity index (χ2v) is 7.57. The Morgan fingerprint density at radius 3 is 2.42 bits per heavy atom. The van der Waals surface area contributed by atoms with E-state index in [1.165, 1.54) is 12.1 Å². The minimum atomic E-state index is -1.06. The van der Waals surface area contributed by atoms with Gasteiger partial charge in [0, 0.05) is 23.2 Å². The van der Waals surface area contributed by atoms with Gasteiger partial charge in [0.05, 0.1) is 0 Å². The number of halogens is 2. The highest BCUT2D eigenvalue weighted by Crippen LogP contribution is 2.30. The number of aromatic hydroxyl groups is 1. The zero-order chi connectivity index (χ0) is 22.2. The third-order valence-electron chi connectivity index (χ3n) is 4.41. The van der Waals surface area contributed by atoms with Gasteiger partial charge in [0.1, 0.15) is 11.9 Å². The molecule has 3 rings (SSSR count). The van der Waals surface area contributed by atoms with Gasteiger partial charge < -0.3 is 19.7 Å². The van der Waals surface area contributed by atoms with Crippen LogP contribution in [-0.4, -0.2) is 29.0 Å². The van der Waals surface area contributed by atoms with Crippen molar-refractivity contribution in [3.05, 3.63) is 88.6 Å². The van der Waals surface area contributed by atoms with Crippen LogP contribution in [-0.2, 0) is 4.74 Å². The Labute approximate surface area is 187 Å². The van der Waals surface area contributed by atoms with E-state index < -0.39 is 29.9 Å². The molecule has 0 aliphatic carbocycles. The van der Waals surface area contributed by atoms with Crippen LogP contribution in [0.1, 0.15) is 18.1 Å². The molecule has 2 atom stereocenters. The normalized spacial score (nSPS) is 12.6. The molecule has 0 aliphatic rings. The molecule has 0 spiro atoms. The largest absolute Gasteiger partial charge is 0.505 e. The summed E-state index contributed by atoms with van der Waals surface area (Å²) in [5.74, 6) is -0.881. The van der Waals surface area contributed by atoms with Gasteiger partial charge in [-0.15, -0.1) is 0 Å². The molecule has 0 radical (unpaired) electrons. The Bertz CT molecular complexity index is 1000. The fraction of sp³-hybridized carbons (Fsp3) is 0.174. The van der Waals surface area contributed by atoms with Crippen LogP contribution in [0.3, 0.4) is 0 Å². The number of ether oxygens (including phenoxy) is 2. The maximum absolute atomic E-state index is 14.0. The summed E-state index contributed by atoms with van der Waals surface area (Å²) in [7, 11) is 0. The van der Waals surface area contributed by atoms with Gasteiger partial charge >= 0.3 is 6.09 Å². The van der Waals surface area contributed by atoms with E-state index in [1.54, 1.807) is 48.5 Å². The molecule has 3 aromatic carbocycles. The van der Waals surface area contributed by atoms with E-state index in [1.807, 2.05) is 6.07 Å². The molecule has 162 valence electrons. The lowest BCUT2D eigenvalue weighted by Crippen LogP contribution is -2.31. The van der Waals surface area contributed by atoms with Crippen LogP contribution in [0.5, 0.6) is 11.5 Å². The molecule has 0 fully saturated rings. The Balaban J connectivity index is 1.87. The number of nitrogens with one attached hydrogen (secondary N) is 1. The van der Waals surface area contributed by atoms with Crippen molar-refractivity contribution in [1.29, 1.82) is 0 Å². The molecule has 8 heteroatoms. The number of hydrogen-bond donors (Lipinski definition) is 3. The van der Waals surface area contributed by atoms with E-state index in [0.29, 0.717) is 11.4 Å². The minimum Gasteiger partial charge on any atom is -0.505 e. The zero-order valence-electron chi connectivity index (χ0n) is 16.4. The Kier molecular flexibility index (Phi) is 7.86. The summed E-state index contributed by atoms with van der Waals surface area (Å²) in [6.45, 7) is -0.244. The number of anilines is 1. The van der Waals surface area contributed by atoms with Gasteiger partial charge in [0.25, 0.3) is 0 Å². The first-order valence-corrected chi connectivity index (χ1v) is 10.3. The first kappa shape index (κ1) is 22.6. The van der Waals surface area contributed by atoms with Gasteiger partial charge in [-0.05, 0) is 54.1 Å². The summed E-state index contributed by atoms with van der Waals surface area (Å²) in [5, 5.41) is 21.7. The number of rotatable bonds is 8. The van der Waals surface area contributed by atoms with Crippen LogP contribution in [0.15, 0.2) is 77.3 Å². The van der Waals surface area contributed by atoms with Crippen molar-refractivity contribution >= 4 is 27.7 Å². The highest BCUT2D eigenvalue weighted by Gasteiger charge is 2.30. The standard InChI is InChI=1S/C23H21BrFNO5/c24-16-7-9-17(10-8-16)26-23(29)31-22(15-6-11-20(28)19(25)14-15)21(12-13-27)30-18-4-2-1-3-5-18/h1-11,14,21-22,27-28H,12-13H2,(H,26,29)/t21-,22-/m0/s1. The highest BCUT2D eigenvalue weighted by molar-refractivity contribution is 9.10. The molecule has 0 bridgehead atoms. The molecule has 0 aliphatic heterocycles. The molecule has 0 unspecified atom stereocenters. The summed E-state index contributed by atoms with van der Waals surface area (Å²) in [6.07, 6.45) is -2.53. The van der Waals surface area contributed by atoms with E-state index in [0.717, 1.165) is 10.5 Å². The molecule has 0 heterocycles.